The molecule has 0 radical (unpaired) electrons. The molecule has 0 aliphatic heterocycles. The minimum absolute atomic E-state index is 0.121. The van der Waals surface area contributed by atoms with Crippen molar-refractivity contribution < 1.29 is 0 Å². The molecule has 0 bridgehead atoms. The molecule has 1 aliphatic carbocycles. The third kappa shape index (κ3) is 2.15. The predicted molar refractivity (Wildman–Crippen MR) is 84.4 cm³/mol. The second kappa shape index (κ2) is 5.19. The number of aromatic nitrogens is 6. The molecule has 4 rings (SSSR count). The molecule has 9 heteroatoms. The standard InChI is InChI=1S/C15H13N7O2/c1-8(4-5-16)21-14(23)10-6-13-11(7-12(10)17-19-21)15(24)22(20-18-13)9-2-3-9/h6-9H,2-4H2,1H3/t8-/m1/s1. The zero-order chi connectivity index (χ0) is 16.8. The molecule has 0 unspecified atom stereocenters. The summed E-state index contributed by atoms with van der Waals surface area (Å²) in [5, 5.41) is 25.4. The van der Waals surface area contributed by atoms with Gasteiger partial charge in [-0.1, -0.05) is 10.4 Å². The van der Waals surface area contributed by atoms with Crippen LogP contribution in [-0.2, 0) is 0 Å². The van der Waals surface area contributed by atoms with Gasteiger partial charge >= 0.3 is 0 Å². The summed E-state index contributed by atoms with van der Waals surface area (Å²) in [7, 11) is 0. The van der Waals surface area contributed by atoms with E-state index in [1.807, 2.05) is 6.07 Å². The van der Waals surface area contributed by atoms with Crippen molar-refractivity contribution in [2.24, 2.45) is 0 Å². The highest BCUT2D eigenvalue weighted by Gasteiger charge is 2.27. The quantitative estimate of drug-likeness (QED) is 0.651. The molecule has 9 nitrogen and oxygen atoms in total. The third-order valence-corrected chi connectivity index (χ3v) is 4.19. The van der Waals surface area contributed by atoms with Crippen LogP contribution in [0.2, 0.25) is 0 Å². The molecule has 1 atom stereocenters. The third-order valence-electron chi connectivity index (χ3n) is 4.19. The summed E-state index contributed by atoms with van der Waals surface area (Å²) in [5.41, 5.74) is 0.0976. The van der Waals surface area contributed by atoms with Crippen LogP contribution in [0.4, 0.5) is 0 Å². The predicted octanol–water partition coefficient (Wildman–Crippen LogP) is 0.706. The van der Waals surface area contributed by atoms with Gasteiger partial charge in [0.2, 0.25) is 0 Å². The van der Waals surface area contributed by atoms with Gasteiger partial charge in [-0.3, -0.25) is 9.59 Å². The van der Waals surface area contributed by atoms with E-state index < -0.39 is 0 Å². The highest BCUT2D eigenvalue weighted by atomic mass is 16.1. The Morgan fingerprint density at radius 3 is 2.42 bits per heavy atom. The van der Waals surface area contributed by atoms with Gasteiger partial charge in [0.15, 0.2) is 0 Å². The number of hydrogen-bond acceptors (Lipinski definition) is 7. The van der Waals surface area contributed by atoms with Crippen molar-refractivity contribution >= 4 is 21.8 Å². The zero-order valence-corrected chi connectivity index (χ0v) is 12.9. The van der Waals surface area contributed by atoms with E-state index in [0.29, 0.717) is 21.8 Å². The Morgan fingerprint density at radius 1 is 1.17 bits per heavy atom. The van der Waals surface area contributed by atoms with E-state index in [-0.39, 0.29) is 29.6 Å². The number of rotatable bonds is 3. The smallest absolute Gasteiger partial charge is 0.267 e. The van der Waals surface area contributed by atoms with E-state index in [0.717, 1.165) is 12.8 Å². The largest absolute Gasteiger partial charge is 0.277 e. The molecule has 120 valence electrons. The summed E-state index contributed by atoms with van der Waals surface area (Å²) in [4.78, 5) is 25.1. The molecule has 1 aliphatic rings. The molecule has 24 heavy (non-hydrogen) atoms. The topological polar surface area (TPSA) is 119 Å². The van der Waals surface area contributed by atoms with Gasteiger partial charge in [0.05, 0.1) is 35.3 Å². The highest BCUT2D eigenvalue weighted by molar-refractivity contribution is 5.93. The van der Waals surface area contributed by atoms with Gasteiger partial charge in [-0.2, -0.15) is 5.26 Å². The van der Waals surface area contributed by atoms with Gasteiger partial charge in [-0.25, -0.2) is 9.36 Å². The Kier molecular flexibility index (Phi) is 3.13. The maximum absolute atomic E-state index is 12.6. The molecule has 1 saturated carbocycles. The molecule has 1 aromatic carbocycles. The number of fused-ring (bicyclic) bond motifs is 2. The van der Waals surface area contributed by atoms with Gasteiger partial charge in [0, 0.05) is 0 Å². The fraction of sp³-hybridized carbons (Fsp3) is 0.400. The maximum Gasteiger partial charge on any atom is 0.277 e. The minimum Gasteiger partial charge on any atom is -0.267 e. The molecule has 2 heterocycles. The average Bonchev–Trinajstić information content (AvgIpc) is 3.40. The second-order valence-electron chi connectivity index (χ2n) is 6.01. The normalized spacial score (nSPS) is 15.5. The van der Waals surface area contributed by atoms with Gasteiger partial charge in [0.1, 0.15) is 11.0 Å². The van der Waals surface area contributed by atoms with E-state index in [2.05, 4.69) is 20.6 Å². The SMILES string of the molecule is C[C@H](CC#N)n1nnc2cc3c(=O)n(C4CC4)nnc3cc2c1=O. The van der Waals surface area contributed by atoms with Crippen molar-refractivity contribution in [3.63, 3.8) is 0 Å². The van der Waals surface area contributed by atoms with E-state index in [1.165, 1.54) is 21.5 Å². The fourth-order valence-electron chi connectivity index (χ4n) is 2.67. The van der Waals surface area contributed by atoms with Crippen LogP contribution in [0.15, 0.2) is 21.7 Å². The van der Waals surface area contributed by atoms with Gasteiger partial charge in [-0.15, -0.1) is 10.2 Å². The molecule has 2 aromatic heterocycles. The lowest BCUT2D eigenvalue weighted by Gasteiger charge is -2.10. The molecule has 0 N–H and O–H groups in total. The van der Waals surface area contributed by atoms with Crippen LogP contribution in [0.25, 0.3) is 21.8 Å². The van der Waals surface area contributed by atoms with Crippen LogP contribution < -0.4 is 11.1 Å². The minimum atomic E-state index is -0.385. The van der Waals surface area contributed by atoms with Crippen molar-refractivity contribution in [2.45, 2.75) is 38.3 Å². The molecule has 0 amide bonds. The lowest BCUT2D eigenvalue weighted by molar-refractivity contribution is 0.456. The van der Waals surface area contributed by atoms with Crippen molar-refractivity contribution in [3.05, 3.63) is 32.8 Å². The van der Waals surface area contributed by atoms with E-state index in [9.17, 15) is 9.59 Å². The Morgan fingerprint density at radius 2 is 1.79 bits per heavy atom. The summed E-state index contributed by atoms with van der Waals surface area (Å²) in [6.07, 6.45) is 2.00. The van der Waals surface area contributed by atoms with Crippen LogP contribution in [-0.4, -0.2) is 30.0 Å². The summed E-state index contributed by atoms with van der Waals surface area (Å²) in [5.74, 6) is 0. The lowest BCUT2D eigenvalue weighted by Crippen LogP contribution is -2.28. The second-order valence-corrected chi connectivity index (χ2v) is 6.01. The number of benzene rings is 1. The van der Waals surface area contributed by atoms with E-state index in [1.54, 1.807) is 6.92 Å². The molecular formula is C15H13N7O2. The van der Waals surface area contributed by atoms with Crippen LogP contribution in [0.3, 0.4) is 0 Å². The maximum atomic E-state index is 12.6. The first-order valence-electron chi connectivity index (χ1n) is 7.65. The summed E-state index contributed by atoms with van der Waals surface area (Å²) < 4.78 is 2.56. The van der Waals surface area contributed by atoms with Crippen LogP contribution in [0.5, 0.6) is 0 Å². The Bertz CT molecular complexity index is 1120. The van der Waals surface area contributed by atoms with Gasteiger partial charge in [0.25, 0.3) is 11.1 Å². The number of nitriles is 1. The first-order valence-corrected chi connectivity index (χ1v) is 7.65. The molecule has 1 fully saturated rings. The van der Waals surface area contributed by atoms with Gasteiger partial charge < -0.3 is 0 Å². The average molecular weight is 323 g/mol. The van der Waals surface area contributed by atoms with Crippen LogP contribution >= 0.6 is 0 Å². The van der Waals surface area contributed by atoms with E-state index >= 15 is 0 Å². The van der Waals surface area contributed by atoms with Gasteiger partial charge in [-0.05, 0) is 31.9 Å². The monoisotopic (exact) mass is 323 g/mol. The Balaban J connectivity index is 1.96. The summed E-state index contributed by atoms with van der Waals surface area (Å²) >= 11 is 0. The Labute approximate surface area is 135 Å². The number of hydrogen-bond donors (Lipinski definition) is 0. The number of nitrogens with zero attached hydrogens (tertiary/aromatic N) is 7. The molecule has 0 saturated heterocycles. The summed E-state index contributed by atoms with van der Waals surface area (Å²) in [6.45, 7) is 1.72. The van der Waals surface area contributed by atoms with E-state index in [4.69, 9.17) is 5.26 Å². The van der Waals surface area contributed by atoms with Crippen molar-refractivity contribution in [1.82, 2.24) is 30.0 Å². The van der Waals surface area contributed by atoms with Crippen LogP contribution in [0, 0.1) is 11.3 Å². The van der Waals surface area contributed by atoms with Crippen molar-refractivity contribution in [3.8, 4) is 6.07 Å². The molecule has 3 aromatic rings. The summed E-state index contributed by atoms with van der Waals surface area (Å²) in [6, 6.07) is 4.80. The first-order chi connectivity index (χ1) is 11.6. The first kappa shape index (κ1) is 14.4. The zero-order valence-electron chi connectivity index (χ0n) is 12.9. The Hall–Kier alpha value is -3.15. The highest BCUT2D eigenvalue weighted by Crippen LogP contribution is 2.32. The lowest BCUT2D eigenvalue weighted by atomic mass is 10.1. The molecule has 0 spiro atoms. The van der Waals surface area contributed by atoms with Crippen LogP contribution in [0.1, 0.15) is 38.3 Å². The van der Waals surface area contributed by atoms with Crippen molar-refractivity contribution in [1.29, 1.82) is 5.26 Å². The molecular weight excluding hydrogens is 310 g/mol. The van der Waals surface area contributed by atoms with Crippen molar-refractivity contribution in [2.75, 3.05) is 0 Å². The fourth-order valence-corrected chi connectivity index (χ4v) is 2.67.